The zero-order valence-corrected chi connectivity index (χ0v) is 10.6. The Morgan fingerprint density at radius 1 is 1.12 bits per heavy atom. The molecule has 1 amide bonds. The van der Waals surface area contributed by atoms with Crippen molar-refractivity contribution >= 4 is 11.7 Å². The number of Topliss-reactive ketones (excluding diaryl/α,β-unsaturated/α-hetero) is 1. The SMILES string of the molecule is CC(CC(=O)c1ccccc1)CC(=O)N(C)C. The van der Waals surface area contributed by atoms with Gasteiger partial charge in [0.05, 0.1) is 0 Å². The van der Waals surface area contributed by atoms with E-state index >= 15 is 0 Å². The van der Waals surface area contributed by atoms with Crippen LogP contribution in [-0.2, 0) is 4.79 Å². The number of amides is 1. The smallest absolute Gasteiger partial charge is 0.222 e. The standard InChI is InChI=1S/C14H19NO2/c1-11(10-14(17)15(2)3)9-13(16)12-7-5-4-6-8-12/h4-8,11H,9-10H2,1-3H3. The summed E-state index contributed by atoms with van der Waals surface area (Å²) in [5.74, 6) is 0.251. The Bertz CT molecular complexity index is 384. The molecule has 92 valence electrons. The molecule has 0 saturated carbocycles. The van der Waals surface area contributed by atoms with Gasteiger partial charge in [0.1, 0.15) is 0 Å². The molecule has 0 bridgehead atoms. The van der Waals surface area contributed by atoms with Crippen molar-refractivity contribution in [2.45, 2.75) is 19.8 Å². The van der Waals surface area contributed by atoms with Crippen LogP contribution >= 0.6 is 0 Å². The molecule has 0 aliphatic rings. The van der Waals surface area contributed by atoms with Gasteiger partial charge in [-0.15, -0.1) is 0 Å². The van der Waals surface area contributed by atoms with Crippen molar-refractivity contribution in [3.8, 4) is 0 Å². The fraction of sp³-hybridized carbons (Fsp3) is 0.429. The van der Waals surface area contributed by atoms with E-state index in [1.807, 2.05) is 37.3 Å². The Morgan fingerprint density at radius 3 is 2.24 bits per heavy atom. The normalized spacial score (nSPS) is 11.9. The Labute approximate surface area is 102 Å². The molecule has 1 rings (SSSR count). The number of carbonyl (C=O) groups excluding carboxylic acids is 2. The molecular formula is C14H19NO2. The first-order valence-corrected chi connectivity index (χ1v) is 5.79. The summed E-state index contributed by atoms with van der Waals surface area (Å²) in [6, 6.07) is 9.20. The molecule has 3 heteroatoms. The van der Waals surface area contributed by atoms with E-state index < -0.39 is 0 Å². The molecule has 0 fully saturated rings. The Kier molecular flexibility index (Phi) is 4.88. The van der Waals surface area contributed by atoms with Gasteiger partial charge in [-0.2, -0.15) is 0 Å². The lowest BCUT2D eigenvalue weighted by molar-refractivity contribution is -0.129. The molecule has 1 atom stereocenters. The van der Waals surface area contributed by atoms with Gasteiger partial charge in [0, 0.05) is 32.5 Å². The van der Waals surface area contributed by atoms with Crippen LogP contribution in [0.2, 0.25) is 0 Å². The Hall–Kier alpha value is -1.64. The van der Waals surface area contributed by atoms with Crippen molar-refractivity contribution < 1.29 is 9.59 Å². The van der Waals surface area contributed by atoms with Gasteiger partial charge in [0.2, 0.25) is 5.91 Å². The van der Waals surface area contributed by atoms with Crippen LogP contribution in [0.25, 0.3) is 0 Å². The predicted octanol–water partition coefficient (Wildman–Crippen LogP) is 2.37. The van der Waals surface area contributed by atoms with Crippen LogP contribution in [0.3, 0.4) is 0 Å². The maximum Gasteiger partial charge on any atom is 0.222 e. The van der Waals surface area contributed by atoms with Crippen molar-refractivity contribution in [2.24, 2.45) is 5.92 Å². The fourth-order valence-corrected chi connectivity index (χ4v) is 1.61. The topological polar surface area (TPSA) is 37.4 Å². The highest BCUT2D eigenvalue weighted by Gasteiger charge is 2.15. The summed E-state index contributed by atoms with van der Waals surface area (Å²) in [4.78, 5) is 24.9. The predicted molar refractivity (Wildman–Crippen MR) is 67.9 cm³/mol. The van der Waals surface area contributed by atoms with E-state index in [1.54, 1.807) is 19.0 Å². The minimum absolute atomic E-state index is 0.0679. The number of benzene rings is 1. The number of ketones is 1. The van der Waals surface area contributed by atoms with Crippen LogP contribution in [0, 0.1) is 5.92 Å². The van der Waals surface area contributed by atoms with E-state index in [2.05, 4.69) is 0 Å². The van der Waals surface area contributed by atoms with Gasteiger partial charge in [0.15, 0.2) is 5.78 Å². The number of hydrogen-bond donors (Lipinski definition) is 0. The molecule has 0 radical (unpaired) electrons. The van der Waals surface area contributed by atoms with Gasteiger partial charge in [0.25, 0.3) is 0 Å². The Morgan fingerprint density at radius 2 is 1.71 bits per heavy atom. The monoisotopic (exact) mass is 233 g/mol. The lowest BCUT2D eigenvalue weighted by Crippen LogP contribution is -2.24. The summed E-state index contributed by atoms with van der Waals surface area (Å²) in [5, 5.41) is 0. The molecule has 0 aliphatic heterocycles. The molecule has 0 heterocycles. The summed E-state index contributed by atoms with van der Waals surface area (Å²) in [5.41, 5.74) is 0.719. The van der Waals surface area contributed by atoms with Crippen molar-refractivity contribution in [2.75, 3.05) is 14.1 Å². The molecule has 17 heavy (non-hydrogen) atoms. The molecular weight excluding hydrogens is 214 g/mol. The number of nitrogens with zero attached hydrogens (tertiary/aromatic N) is 1. The molecule has 3 nitrogen and oxygen atoms in total. The van der Waals surface area contributed by atoms with Crippen LogP contribution in [0.4, 0.5) is 0 Å². The maximum absolute atomic E-state index is 11.9. The highest BCUT2D eigenvalue weighted by atomic mass is 16.2. The lowest BCUT2D eigenvalue weighted by atomic mass is 9.97. The first-order valence-electron chi connectivity index (χ1n) is 5.79. The first kappa shape index (κ1) is 13.4. The lowest BCUT2D eigenvalue weighted by Gasteiger charge is -2.14. The van der Waals surface area contributed by atoms with E-state index in [9.17, 15) is 9.59 Å². The fourth-order valence-electron chi connectivity index (χ4n) is 1.61. The average Bonchev–Trinajstić information content (AvgIpc) is 2.29. The zero-order chi connectivity index (χ0) is 12.8. The van der Waals surface area contributed by atoms with Crippen LogP contribution in [0.5, 0.6) is 0 Å². The largest absolute Gasteiger partial charge is 0.349 e. The van der Waals surface area contributed by atoms with Crippen LogP contribution in [-0.4, -0.2) is 30.7 Å². The number of rotatable bonds is 5. The molecule has 0 spiro atoms. The van der Waals surface area contributed by atoms with Gasteiger partial charge in [-0.25, -0.2) is 0 Å². The van der Waals surface area contributed by atoms with E-state index in [4.69, 9.17) is 0 Å². The highest BCUT2D eigenvalue weighted by molar-refractivity contribution is 5.96. The van der Waals surface area contributed by atoms with Crippen molar-refractivity contribution in [1.29, 1.82) is 0 Å². The third-order valence-electron chi connectivity index (χ3n) is 2.65. The average molecular weight is 233 g/mol. The quantitative estimate of drug-likeness (QED) is 0.732. The van der Waals surface area contributed by atoms with Crippen molar-refractivity contribution in [3.63, 3.8) is 0 Å². The van der Waals surface area contributed by atoms with Crippen LogP contribution in [0.1, 0.15) is 30.1 Å². The molecule has 1 unspecified atom stereocenters. The van der Waals surface area contributed by atoms with Crippen molar-refractivity contribution in [3.05, 3.63) is 35.9 Å². The molecule has 0 aliphatic carbocycles. The summed E-state index contributed by atoms with van der Waals surface area (Å²) in [6.07, 6.45) is 0.842. The van der Waals surface area contributed by atoms with Crippen LogP contribution < -0.4 is 0 Å². The van der Waals surface area contributed by atoms with Crippen molar-refractivity contribution in [1.82, 2.24) is 4.90 Å². The summed E-state index contributed by atoms with van der Waals surface area (Å²) >= 11 is 0. The molecule has 1 aromatic carbocycles. The third kappa shape index (κ3) is 4.39. The van der Waals surface area contributed by atoms with Crippen LogP contribution in [0.15, 0.2) is 30.3 Å². The van der Waals surface area contributed by atoms with E-state index in [0.717, 1.165) is 5.56 Å². The van der Waals surface area contributed by atoms with Gasteiger partial charge in [-0.3, -0.25) is 9.59 Å². The molecule has 0 N–H and O–H groups in total. The maximum atomic E-state index is 11.9. The number of carbonyl (C=O) groups is 2. The third-order valence-corrected chi connectivity index (χ3v) is 2.65. The van der Waals surface area contributed by atoms with Gasteiger partial charge in [-0.1, -0.05) is 37.3 Å². The first-order chi connectivity index (χ1) is 8.00. The number of hydrogen-bond acceptors (Lipinski definition) is 2. The second kappa shape index (κ2) is 6.18. The second-order valence-corrected chi connectivity index (χ2v) is 4.59. The van der Waals surface area contributed by atoms with E-state index in [0.29, 0.717) is 12.8 Å². The summed E-state index contributed by atoms with van der Waals surface area (Å²) < 4.78 is 0. The van der Waals surface area contributed by atoms with Gasteiger partial charge in [-0.05, 0) is 5.92 Å². The van der Waals surface area contributed by atoms with Gasteiger partial charge >= 0.3 is 0 Å². The highest BCUT2D eigenvalue weighted by Crippen LogP contribution is 2.13. The molecule has 0 aromatic heterocycles. The zero-order valence-electron chi connectivity index (χ0n) is 10.6. The summed E-state index contributed by atoms with van der Waals surface area (Å²) in [6.45, 7) is 1.93. The molecule has 1 aromatic rings. The Balaban J connectivity index is 2.50. The van der Waals surface area contributed by atoms with E-state index in [-0.39, 0.29) is 17.6 Å². The molecule has 0 saturated heterocycles. The minimum Gasteiger partial charge on any atom is -0.349 e. The minimum atomic E-state index is 0.0679. The summed E-state index contributed by atoms with van der Waals surface area (Å²) in [7, 11) is 3.46. The van der Waals surface area contributed by atoms with Gasteiger partial charge < -0.3 is 4.90 Å². The second-order valence-electron chi connectivity index (χ2n) is 4.59. The van der Waals surface area contributed by atoms with E-state index in [1.165, 1.54) is 0 Å².